The maximum atomic E-state index is 11.7. The van der Waals surface area contributed by atoms with Crippen molar-refractivity contribution >= 4 is 11.9 Å². The van der Waals surface area contributed by atoms with Gasteiger partial charge in [-0.05, 0) is 32.1 Å². The Balaban J connectivity index is 0. The van der Waals surface area contributed by atoms with Gasteiger partial charge in [0.15, 0.2) is 0 Å². The van der Waals surface area contributed by atoms with Crippen molar-refractivity contribution in [3.8, 4) is 0 Å². The summed E-state index contributed by atoms with van der Waals surface area (Å²) in [6.45, 7) is 4.19. The molecule has 0 aliphatic carbocycles. The molecular weight excluding hydrogens is 277 g/mol. The van der Waals surface area contributed by atoms with Gasteiger partial charge in [0, 0.05) is 26.0 Å². The Kier molecular flexibility index (Phi) is 17.6. The summed E-state index contributed by atoms with van der Waals surface area (Å²) in [7, 11) is 1.73. The third-order valence-electron chi connectivity index (χ3n) is 3.35. The summed E-state index contributed by atoms with van der Waals surface area (Å²) in [5, 5.41) is 10.3. The van der Waals surface area contributed by atoms with Gasteiger partial charge in [-0.3, -0.25) is 4.79 Å². The quantitative estimate of drug-likeness (QED) is 0.256. The molecule has 1 amide bonds. The van der Waals surface area contributed by atoms with E-state index in [0.29, 0.717) is 19.4 Å². The van der Waals surface area contributed by atoms with Crippen LogP contribution in [0.5, 0.6) is 0 Å². The molecule has 21 heavy (non-hydrogen) atoms. The normalized spacial score (nSPS) is 9.76. The van der Waals surface area contributed by atoms with Crippen LogP contribution in [0.15, 0.2) is 12.7 Å². The predicted molar refractivity (Wildman–Crippen MR) is 79.0 cm³/mol. The predicted octanol–water partition coefficient (Wildman–Crippen LogP) is -0.714. The molecule has 5 heteroatoms. The Morgan fingerprint density at radius 1 is 1.00 bits per heavy atom. The molecular formula is C16H28NNaO3. The third kappa shape index (κ3) is 15.9. The van der Waals surface area contributed by atoms with Gasteiger partial charge >= 0.3 is 29.6 Å². The van der Waals surface area contributed by atoms with Crippen LogP contribution < -0.4 is 34.7 Å². The van der Waals surface area contributed by atoms with Crippen molar-refractivity contribution in [2.24, 2.45) is 0 Å². The number of unbranched alkanes of at least 4 members (excludes halogenated alkanes) is 6. The molecule has 0 aliphatic heterocycles. The molecule has 0 aromatic rings. The van der Waals surface area contributed by atoms with Crippen molar-refractivity contribution in [3.05, 3.63) is 12.7 Å². The van der Waals surface area contributed by atoms with Gasteiger partial charge in [-0.15, -0.1) is 6.58 Å². The molecule has 0 bridgehead atoms. The number of carbonyl (C=O) groups excluding carboxylic acids is 2. The van der Waals surface area contributed by atoms with E-state index in [1.807, 2.05) is 6.08 Å². The molecule has 0 saturated carbocycles. The zero-order valence-electron chi connectivity index (χ0n) is 13.7. The van der Waals surface area contributed by atoms with E-state index in [4.69, 9.17) is 0 Å². The van der Waals surface area contributed by atoms with Gasteiger partial charge in [-0.1, -0.05) is 31.8 Å². The first kappa shape index (κ1) is 23.0. The minimum Gasteiger partial charge on any atom is -0.550 e. The summed E-state index contributed by atoms with van der Waals surface area (Å²) < 4.78 is 0. The molecule has 116 valence electrons. The molecule has 0 fully saturated rings. The number of allylic oxidation sites excluding steroid dienone is 1. The zero-order valence-corrected chi connectivity index (χ0v) is 15.7. The van der Waals surface area contributed by atoms with E-state index in [9.17, 15) is 14.7 Å². The third-order valence-corrected chi connectivity index (χ3v) is 3.35. The van der Waals surface area contributed by atoms with E-state index in [-0.39, 0.29) is 41.9 Å². The number of carbonyl (C=O) groups is 2. The SMILES string of the molecule is C=CCCCCCCCCC(=O)N(C)CCCC(=O)[O-].[Na+]. The summed E-state index contributed by atoms with van der Waals surface area (Å²) >= 11 is 0. The second-order valence-electron chi connectivity index (χ2n) is 5.24. The van der Waals surface area contributed by atoms with Gasteiger partial charge in [0.1, 0.15) is 0 Å². The van der Waals surface area contributed by atoms with Crippen LogP contribution >= 0.6 is 0 Å². The average molecular weight is 305 g/mol. The van der Waals surface area contributed by atoms with Gasteiger partial charge in [0.2, 0.25) is 5.91 Å². The van der Waals surface area contributed by atoms with Crippen LogP contribution in [0.4, 0.5) is 0 Å². The van der Waals surface area contributed by atoms with Crippen LogP contribution in [0.1, 0.15) is 64.2 Å². The summed E-state index contributed by atoms with van der Waals surface area (Å²) in [5.74, 6) is -0.947. The largest absolute Gasteiger partial charge is 1.00 e. The fraction of sp³-hybridized carbons (Fsp3) is 0.750. The molecule has 0 atom stereocenters. The molecule has 0 spiro atoms. The first-order valence-corrected chi connectivity index (χ1v) is 7.62. The maximum Gasteiger partial charge on any atom is 1.00 e. The summed E-state index contributed by atoms with van der Waals surface area (Å²) in [6, 6.07) is 0. The molecule has 0 aromatic carbocycles. The van der Waals surface area contributed by atoms with Gasteiger partial charge in [-0.25, -0.2) is 0 Å². The molecule has 0 N–H and O–H groups in total. The summed E-state index contributed by atoms with van der Waals surface area (Å²) in [4.78, 5) is 23.6. The van der Waals surface area contributed by atoms with Crippen LogP contribution in [-0.4, -0.2) is 30.4 Å². The number of aliphatic carboxylic acids is 1. The first-order valence-electron chi connectivity index (χ1n) is 7.62. The Morgan fingerprint density at radius 2 is 1.57 bits per heavy atom. The number of amides is 1. The minimum atomic E-state index is -1.05. The number of rotatable bonds is 13. The smallest absolute Gasteiger partial charge is 0.550 e. The number of hydrogen-bond donors (Lipinski definition) is 0. The van der Waals surface area contributed by atoms with E-state index in [0.717, 1.165) is 19.3 Å². The molecule has 0 rings (SSSR count). The zero-order chi connectivity index (χ0) is 15.2. The van der Waals surface area contributed by atoms with Crippen molar-refractivity contribution in [1.29, 1.82) is 0 Å². The van der Waals surface area contributed by atoms with Crippen molar-refractivity contribution in [2.45, 2.75) is 64.2 Å². The van der Waals surface area contributed by atoms with E-state index < -0.39 is 5.97 Å². The molecule has 0 heterocycles. The van der Waals surface area contributed by atoms with E-state index in [2.05, 4.69) is 6.58 Å². The molecule has 4 nitrogen and oxygen atoms in total. The Hall–Kier alpha value is -0.320. The standard InChI is InChI=1S/C16H29NO3.Na/c1-3-4-5-6-7-8-9-10-12-15(18)17(2)14-11-13-16(19)20;/h3H,1,4-14H2,2H3,(H,19,20);/q;+1/p-1. The van der Waals surface area contributed by atoms with Crippen LogP contribution in [0.25, 0.3) is 0 Å². The van der Waals surface area contributed by atoms with Crippen molar-refractivity contribution in [1.82, 2.24) is 4.90 Å². The molecule has 0 radical (unpaired) electrons. The number of nitrogens with zero attached hydrogens (tertiary/aromatic N) is 1. The molecule has 0 saturated heterocycles. The minimum absolute atomic E-state index is 0. The number of carboxylic acids is 1. The molecule has 0 aromatic heterocycles. The van der Waals surface area contributed by atoms with Crippen molar-refractivity contribution in [3.63, 3.8) is 0 Å². The van der Waals surface area contributed by atoms with E-state index >= 15 is 0 Å². The van der Waals surface area contributed by atoms with Gasteiger partial charge in [0.25, 0.3) is 0 Å². The topological polar surface area (TPSA) is 60.4 Å². The first-order chi connectivity index (χ1) is 9.57. The fourth-order valence-corrected chi connectivity index (χ4v) is 2.05. The van der Waals surface area contributed by atoms with Crippen LogP contribution in [-0.2, 0) is 9.59 Å². The van der Waals surface area contributed by atoms with Gasteiger partial charge < -0.3 is 14.8 Å². The maximum absolute atomic E-state index is 11.7. The Bertz CT molecular complexity index is 295. The molecule has 0 unspecified atom stereocenters. The van der Waals surface area contributed by atoms with Crippen LogP contribution in [0.3, 0.4) is 0 Å². The summed E-state index contributed by atoms with van der Waals surface area (Å²) in [5.41, 5.74) is 0. The monoisotopic (exact) mass is 305 g/mol. The summed E-state index contributed by atoms with van der Waals surface area (Å²) in [6.07, 6.45) is 11.0. The van der Waals surface area contributed by atoms with E-state index in [1.54, 1.807) is 11.9 Å². The number of hydrogen-bond acceptors (Lipinski definition) is 3. The second-order valence-corrected chi connectivity index (χ2v) is 5.24. The van der Waals surface area contributed by atoms with Gasteiger partial charge in [-0.2, -0.15) is 0 Å². The van der Waals surface area contributed by atoms with Crippen LogP contribution in [0.2, 0.25) is 0 Å². The van der Waals surface area contributed by atoms with Gasteiger partial charge in [0.05, 0.1) is 0 Å². The average Bonchev–Trinajstić information content (AvgIpc) is 2.41. The van der Waals surface area contributed by atoms with E-state index in [1.165, 1.54) is 25.7 Å². The number of carboxylic acid groups (broad SMARTS) is 1. The van der Waals surface area contributed by atoms with Crippen molar-refractivity contribution < 1.29 is 44.3 Å². The fourth-order valence-electron chi connectivity index (χ4n) is 2.05. The van der Waals surface area contributed by atoms with Crippen molar-refractivity contribution in [2.75, 3.05) is 13.6 Å². The molecule has 0 aliphatic rings. The second kappa shape index (κ2) is 16.1. The Morgan fingerprint density at radius 3 is 2.14 bits per heavy atom. The van der Waals surface area contributed by atoms with Crippen LogP contribution in [0, 0.1) is 0 Å². The Labute approximate surface area is 151 Å².